The number of rotatable bonds is 8. The maximum atomic E-state index is 12.0. The molecule has 1 aromatic heterocycles. The highest BCUT2D eigenvalue weighted by Gasteiger charge is 2.21. The number of hydrogen-bond donors (Lipinski definition) is 1. The molecule has 0 unspecified atom stereocenters. The molecule has 1 amide bonds. The Morgan fingerprint density at radius 1 is 1.24 bits per heavy atom. The van der Waals surface area contributed by atoms with Crippen molar-refractivity contribution in [2.75, 3.05) is 13.2 Å². The Morgan fingerprint density at radius 2 is 2.04 bits per heavy atom. The van der Waals surface area contributed by atoms with E-state index in [1.54, 1.807) is 24.4 Å². The number of nitrogens with one attached hydrogen (secondary N) is 1. The third-order valence-corrected chi connectivity index (χ3v) is 4.69. The lowest BCUT2D eigenvalue weighted by Gasteiger charge is -2.25. The summed E-state index contributed by atoms with van der Waals surface area (Å²) < 4.78 is 5.58. The first-order valence-electron chi connectivity index (χ1n) is 8.14. The summed E-state index contributed by atoms with van der Waals surface area (Å²) in [6.07, 6.45) is 4.56. The topological polar surface area (TPSA) is 51.2 Å². The SMILES string of the molecule is CC(C)(CNC(=O)CCCOc1cccc(Cl)c1Cl)c1cccnc1. The van der Waals surface area contributed by atoms with Crippen molar-refractivity contribution in [1.82, 2.24) is 10.3 Å². The van der Waals surface area contributed by atoms with E-state index in [1.165, 1.54) is 0 Å². The van der Waals surface area contributed by atoms with Crippen LogP contribution in [-0.2, 0) is 10.2 Å². The first-order chi connectivity index (χ1) is 11.9. The minimum Gasteiger partial charge on any atom is -0.492 e. The van der Waals surface area contributed by atoms with E-state index < -0.39 is 0 Å². The zero-order chi connectivity index (χ0) is 18.3. The molecule has 0 radical (unpaired) electrons. The normalized spacial score (nSPS) is 11.2. The highest BCUT2D eigenvalue weighted by Crippen LogP contribution is 2.31. The molecule has 2 rings (SSSR count). The third-order valence-electron chi connectivity index (χ3n) is 3.89. The van der Waals surface area contributed by atoms with E-state index in [1.807, 2.05) is 18.3 Å². The highest BCUT2D eigenvalue weighted by atomic mass is 35.5. The van der Waals surface area contributed by atoms with E-state index in [9.17, 15) is 4.79 Å². The molecule has 1 N–H and O–H groups in total. The van der Waals surface area contributed by atoms with Crippen LogP contribution in [0.15, 0.2) is 42.7 Å². The standard InChI is InChI=1S/C19H22Cl2N2O2/c1-19(2,14-6-4-10-22-12-14)13-23-17(24)9-5-11-25-16-8-3-7-15(20)18(16)21/h3-4,6-8,10,12H,5,9,11,13H2,1-2H3,(H,23,24). The van der Waals surface area contributed by atoms with Crippen LogP contribution in [-0.4, -0.2) is 24.0 Å². The summed E-state index contributed by atoms with van der Waals surface area (Å²) >= 11 is 12.0. The summed E-state index contributed by atoms with van der Waals surface area (Å²) in [5.41, 5.74) is 0.920. The van der Waals surface area contributed by atoms with Crippen LogP contribution >= 0.6 is 23.2 Å². The molecule has 25 heavy (non-hydrogen) atoms. The minimum atomic E-state index is -0.172. The number of hydrogen-bond acceptors (Lipinski definition) is 3. The molecule has 1 heterocycles. The molecule has 0 saturated heterocycles. The van der Waals surface area contributed by atoms with E-state index in [-0.39, 0.29) is 11.3 Å². The molecule has 0 aliphatic carbocycles. The Labute approximate surface area is 158 Å². The average molecular weight is 381 g/mol. The van der Waals surface area contributed by atoms with Crippen LogP contribution in [0.1, 0.15) is 32.3 Å². The van der Waals surface area contributed by atoms with Crippen LogP contribution in [0.3, 0.4) is 0 Å². The molecule has 2 aromatic rings. The van der Waals surface area contributed by atoms with Crippen molar-refractivity contribution in [2.45, 2.75) is 32.1 Å². The Hall–Kier alpha value is -1.78. The zero-order valence-corrected chi connectivity index (χ0v) is 15.9. The number of carbonyl (C=O) groups excluding carboxylic acids is 1. The summed E-state index contributed by atoms with van der Waals surface area (Å²) in [6, 6.07) is 9.15. The first kappa shape index (κ1) is 19.5. The lowest BCUT2D eigenvalue weighted by atomic mass is 9.85. The molecule has 6 heteroatoms. The van der Waals surface area contributed by atoms with Crippen LogP contribution in [0.5, 0.6) is 5.75 Å². The van der Waals surface area contributed by atoms with Crippen molar-refractivity contribution in [3.05, 3.63) is 58.3 Å². The van der Waals surface area contributed by atoms with Gasteiger partial charge in [0.15, 0.2) is 0 Å². The molecule has 0 spiro atoms. The molecule has 134 valence electrons. The van der Waals surface area contributed by atoms with Gasteiger partial charge in [0, 0.05) is 30.8 Å². The second-order valence-electron chi connectivity index (χ2n) is 6.41. The van der Waals surface area contributed by atoms with Crippen LogP contribution in [0.4, 0.5) is 0 Å². The van der Waals surface area contributed by atoms with Gasteiger partial charge < -0.3 is 10.1 Å². The number of carbonyl (C=O) groups is 1. The number of aromatic nitrogens is 1. The lowest BCUT2D eigenvalue weighted by molar-refractivity contribution is -0.121. The van der Waals surface area contributed by atoms with Gasteiger partial charge in [0.2, 0.25) is 5.91 Å². The summed E-state index contributed by atoms with van der Waals surface area (Å²) in [5.74, 6) is 0.532. The van der Waals surface area contributed by atoms with Gasteiger partial charge in [-0.05, 0) is 30.2 Å². The summed E-state index contributed by atoms with van der Waals surface area (Å²) in [4.78, 5) is 16.2. The Balaban J connectivity index is 1.71. The van der Waals surface area contributed by atoms with Gasteiger partial charge in [0.25, 0.3) is 0 Å². The molecular weight excluding hydrogens is 359 g/mol. The van der Waals surface area contributed by atoms with Gasteiger partial charge in [-0.1, -0.05) is 49.2 Å². The molecule has 0 saturated carbocycles. The van der Waals surface area contributed by atoms with E-state index in [0.29, 0.717) is 41.8 Å². The first-order valence-corrected chi connectivity index (χ1v) is 8.90. The minimum absolute atomic E-state index is 0.00208. The van der Waals surface area contributed by atoms with Crippen LogP contribution < -0.4 is 10.1 Å². The van der Waals surface area contributed by atoms with Crippen molar-refractivity contribution in [2.24, 2.45) is 0 Å². The van der Waals surface area contributed by atoms with Crippen LogP contribution in [0.2, 0.25) is 10.0 Å². The number of benzene rings is 1. The lowest BCUT2D eigenvalue weighted by Crippen LogP contribution is -2.36. The van der Waals surface area contributed by atoms with Crippen LogP contribution in [0, 0.1) is 0 Å². The van der Waals surface area contributed by atoms with E-state index in [2.05, 4.69) is 24.1 Å². The fourth-order valence-electron chi connectivity index (χ4n) is 2.28. The van der Waals surface area contributed by atoms with Crippen molar-refractivity contribution < 1.29 is 9.53 Å². The summed E-state index contributed by atoms with van der Waals surface area (Å²) in [5, 5.41) is 3.82. The smallest absolute Gasteiger partial charge is 0.220 e. The quantitative estimate of drug-likeness (QED) is 0.678. The zero-order valence-electron chi connectivity index (χ0n) is 14.4. The Bertz CT molecular complexity index is 706. The van der Waals surface area contributed by atoms with Gasteiger partial charge in [-0.3, -0.25) is 9.78 Å². The highest BCUT2D eigenvalue weighted by molar-refractivity contribution is 6.42. The number of halogens is 2. The molecular formula is C19H22Cl2N2O2. The van der Waals surface area contributed by atoms with Gasteiger partial charge in [-0.2, -0.15) is 0 Å². The van der Waals surface area contributed by atoms with E-state index in [4.69, 9.17) is 27.9 Å². The van der Waals surface area contributed by atoms with Gasteiger partial charge in [0.1, 0.15) is 10.8 Å². The van der Waals surface area contributed by atoms with Gasteiger partial charge >= 0.3 is 0 Å². The van der Waals surface area contributed by atoms with Gasteiger partial charge in [-0.25, -0.2) is 0 Å². The summed E-state index contributed by atoms with van der Waals surface area (Å²) in [6.45, 7) is 5.11. The molecule has 4 nitrogen and oxygen atoms in total. The molecule has 0 aliphatic rings. The summed E-state index contributed by atoms with van der Waals surface area (Å²) in [7, 11) is 0. The molecule has 0 atom stereocenters. The maximum Gasteiger partial charge on any atom is 0.220 e. The van der Waals surface area contributed by atoms with Crippen LogP contribution in [0.25, 0.3) is 0 Å². The predicted molar refractivity (Wildman–Crippen MR) is 101 cm³/mol. The maximum absolute atomic E-state index is 12.0. The van der Waals surface area contributed by atoms with Crippen molar-refractivity contribution in [3.8, 4) is 5.75 Å². The van der Waals surface area contributed by atoms with E-state index >= 15 is 0 Å². The van der Waals surface area contributed by atoms with Gasteiger partial charge in [0.05, 0.1) is 11.6 Å². The van der Waals surface area contributed by atoms with Gasteiger partial charge in [-0.15, -0.1) is 0 Å². The molecule has 1 aromatic carbocycles. The molecule has 0 aliphatic heterocycles. The number of pyridine rings is 1. The molecule has 0 bridgehead atoms. The number of amides is 1. The second-order valence-corrected chi connectivity index (χ2v) is 7.19. The van der Waals surface area contributed by atoms with Crippen molar-refractivity contribution in [3.63, 3.8) is 0 Å². The Morgan fingerprint density at radius 3 is 2.76 bits per heavy atom. The number of ether oxygens (including phenoxy) is 1. The Kier molecular flexibility index (Phi) is 7.09. The van der Waals surface area contributed by atoms with Crippen molar-refractivity contribution in [1.29, 1.82) is 0 Å². The molecule has 0 fully saturated rings. The third kappa shape index (κ3) is 5.91. The second kappa shape index (κ2) is 9.07. The largest absolute Gasteiger partial charge is 0.492 e. The van der Waals surface area contributed by atoms with E-state index in [0.717, 1.165) is 5.56 Å². The number of nitrogens with zero attached hydrogens (tertiary/aromatic N) is 1. The van der Waals surface area contributed by atoms with Crippen molar-refractivity contribution >= 4 is 29.1 Å². The average Bonchev–Trinajstić information content (AvgIpc) is 2.61. The fourth-order valence-corrected chi connectivity index (χ4v) is 2.63. The monoisotopic (exact) mass is 380 g/mol. The fraction of sp³-hybridized carbons (Fsp3) is 0.368. The predicted octanol–water partition coefficient (Wildman–Crippen LogP) is 4.64.